The van der Waals surface area contributed by atoms with Gasteiger partial charge in [0.1, 0.15) is 12.4 Å². The van der Waals surface area contributed by atoms with Gasteiger partial charge < -0.3 is 14.8 Å². The summed E-state index contributed by atoms with van der Waals surface area (Å²) in [5, 5.41) is 16.9. The molecule has 0 aromatic carbocycles. The van der Waals surface area contributed by atoms with E-state index in [-0.39, 0.29) is 0 Å². The lowest BCUT2D eigenvalue weighted by Crippen LogP contribution is -2.36. The molecule has 2 aliphatic heterocycles. The highest BCUT2D eigenvalue weighted by atomic mass is 15.3. The summed E-state index contributed by atoms with van der Waals surface area (Å²) in [6.45, 7) is 10.1. The van der Waals surface area contributed by atoms with E-state index >= 15 is 0 Å². The molecular formula is C19H29N7. The van der Waals surface area contributed by atoms with Crippen LogP contribution in [0.5, 0.6) is 0 Å². The topological polar surface area (TPSA) is 63.8 Å². The number of aromatic nitrogens is 5. The predicted molar refractivity (Wildman–Crippen MR) is 98.8 cm³/mol. The molecule has 2 aromatic rings. The first-order valence-corrected chi connectivity index (χ1v) is 10.2. The fraction of sp³-hybridized carbons (Fsp3) is 0.737. The molecule has 0 spiro atoms. The van der Waals surface area contributed by atoms with Crippen LogP contribution in [-0.2, 0) is 13.1 Å². The summed E-state index contributed by atoms with van der Waals surface area (Å²) >= 11 is 0. The van der Waals surface area contributed by atoms with E-state index < -0.39 is 0 Å². The molecule has 2 saturated heterocycles. The van der Waals surface area contributed by atoms with E-state index in [1.54, 1.807) is 0 Å². The smallest absolute Gasteiger partial charge is 0.154 e. The maximum absolute atomic E-state index is 4.58. The lowest BCUT2D eigenvalue weighted by Gasteiger charge is -2.32. The first-order valence-electron chi connectivity index (χ1n) is 10.2. The number of hydrogen-bond acceptors (Lipinski definition) is 5. The zero-order valence-electron chi connectivity index (χ0n) is 15.6. The number of piperidine rings is 2. The van der Waals surface area contributed by atoms with Crippen molar-refractivity contribution < 1.29 is 0 Å². The summed E-state index contributed by atoms with van der Waals surface area (Å²) < 4.78 is 4.23. The number of nitrogens with zero attached hydrogens (tertiary/aromatic N) is 6. The van der Waals surface area contributed by atoms with E-state index in [2.05, 4.69) is 37.0 Å². The minimum Gasteiger partial charge on any atom is -0.316 e. The van der Waals surface area contributed by atoms with Crippen molar-refractivity contribution in [3.63, 3.8) is 0 Å². The second-order valence-corrected chi connectivity index (χ2v) is 8.15. The second kappa shape index (κ2) is 6.78. The number of rotatable bonds is 6. The maximum Gasteiger partial charge on any atom is 0.154 e. The fourth-order valence-corrected chi connectivity index (χ4v) is 5.14. The lowest BCUT2D eigenvalue weighted by molar-refractivity contribution is 0.193. The Labute approximate surface area is 154 Å². The third kappa shape index (κ3) is 2.97. The van der Waals surface area contributed by atoms with Crippen LogP contribution < -0.4 is 5.32 Å². The van der Waals surface area contributed by atoms with E-state index in [1.807, 2.05) is 23.1 Å². The minimum absolute atomic E-state index is 0.547. The molecule has 3 aliphatic rings. The zero-order valence-corrected chi connectivity index (χ0v) is 15.6. The maximum atomic E-state index is 4.58. The zero-order chi connectivity index (χ0) is 17.5. The van der Waals surface area contributed by atoms with Gasteiger partial charge in [0.15, 0.2) is 5.82 Å². The molecule has 140 valence electrons. The molecule has 3 fully saturated rings. The lowest BCUT2D eigenvalue weighted by atomic mass is 9.95. The average molecular weight is 355 g/mol. The van der Waals surface area contributed by atoms with Crippen LogP contribution >= 0.6 is 0 Å². The van der Waals surface area contributed by atoms with Gasteiger partial charge in [-0.05, 0) is 69.8 Å². The largest absolute Gasteiger partial charge is 0.316 e. The molecule has 1 N–H and O–H groups in total. The van der Waals surface area contributed by atoms with Crippen LogP contribution in [0.1, 0.15) is 37.3 Å². The molecule has 5 rings (SSSR count). The van der Waals surface area contributed by atoms with Crippen LogP contribution in [0.4, 0.5) is 0 Å². The van der Waals surface area contributed by atoms with Crippen molar-refractivity contribution in [2.75, 3.05) is 32.7 Å². The molecule has 0 amide bonds. The van der Waals surface area contributed by atoms with Gasteiger partial charge in [0.25, 0.3) is 0 Å². The van der Waals surface area contributed by atoms with E-state index in [0.717, 1.165) is 30.1 Å². The van der Waals surface area contributed by atoms with E-state index in [9.17, 15) is 0 Å². The summed E-state index contributed by atoms with van der Waals surface area (Å²) in [7, 11) is 0. The van der Waals surface area contributed by atoms with Crippen LogP contribution in [-0.4, -0.2) is 62.2 Å². The quantitative estimate of drug-likeness (QED) is 0.843. The number of fused-ring (bicyclic) bond motifs is 1. The Hall–Kier alpha value is -1.73. The summed E-state index contributed by atoms with van der Waals surface area (Å²) in [5.74, 6) is 5.66. The highest BCUT2D eigenvalue weighted by Gasteiger charge is 2.52. The van der Waals surface area contributed by atoms with Crippen molar-refractivity contribution in [1.29, 1.82) is 0 Å². The summed E-state index contributed by atoms with van der Waals surface area (Å²) in [6.07, 6.45) is 6.21. The number of hydrogen-bond donors (Lipinski definition) is 1. The molecular weight excluding hydrogens is 326 g/mol. The summed E-state index contributed by atoms with van der Waals surface area (Å²) in [6, 6.07) is 1.95. The van der Waals surface area contributed by atoms with Gasteiger partial charge in [-0.1, -0.05) is 0 Å². The molecule has 4 heterocycles. The first-order chi connectivity index (χ1) is 12.8. The van der Waals surface area contributed by atoms with Gasteiger partial charge in [-0.2, -0.15) is 5.10 Å². The van der Waals surface area contributed by atoms with Gasteiger partial charge in [-0.15, -0.1) is 10.2 Å². The molecule has 26 heavy (non-hydrogen) atoms. The molecule has 2 atom stereocenters. The molecule has 1 saturated carbocycles. The molecule has 0 radical (unpaired) electrons. The van der Waals surface area contributed by atoms with Crippen molar-refractivity contribution in [2.45, 2.75) is 38.8 Å². The third-order valence-corrected chi connectivity index (χ3v) is 6.73. The highest BCUT2D eigenvalue weighted by Crippen LogP contribution is 2.49. The highest BCUT2D eigenvalue weighted by molar-refractivity contribution is 5.07. The van der Waals surface area contributed by atoms with Crippen LogP contribution in [0.25, 0.3) is 0 Å². The Morgan fingerprint density at radius 1 is 1.15 bits per heavy atom. The Balaban J connectivity index is 1.20. The minimum atomic E-state index is 0.547. The van der Waals surface area contributed by atoms with Crippen molar-refractivity contribution in [3.05, 3.63) is 30.1 Å². The number of nitrogens with one attached hydrogen (secondary N) is 1. The standard InChI is InChI=1S/C19H29N7/c1-2-26-18(13-25-7-3-6-21-25)22-23-19(26)14-4-8-24(9-5-14)12-17-15-10-20-11-16(15)17/h3,6-7,14-17,20H,2,4-5,8-13H2,1H3. The normalized spacial score (nSPS) is 29.2. The van der Waals surface area contributed by atoms with Crippen molar-refractivity contribution in [2.24, 2.45) is 17.8 Å². The Kier molecular flexibility index (Phi) is 4.29. The van der Waals surface area contributed by atoms with Gasteiger partial charge >= 0.3 is 0 Å². The SMILES string of the molecule is CCn1c(Cn2cccn2)nnc1C1CCN(CC2C3CNCC32)CC1. The van der Waals surface area contributed by atoms with Crippen LogP contribution in [0, 0.1) is 17.8 Å². The molecule has 7 heteroatoms. The molecule has 7 nitrogen and oxygen atoms in total. The van der Waals surface area contributed by atoms with Crippen molar-refractivity contribution in [1.82, 2.24) is 34.8 Å². The molecule has 0 bridgehead atoms. The molecule has 2 unspecified atom stereocenters. The predicted octanol–water partition coefficient (Wildman–Crippen LogP) is 1.19. The third-order valence-electron chi connectivity index (χ3n) is 6.73. The van der Waals surface area contributed by atoms with Crippen molar-refractivity contribution in [3.8, 4) is 0 Å². The second-order valence-electron chi connectivity index (χ2n) is 8.15. The Morgan fingerprint density at radius 2 is 1.96 bits per heavy atom. The van der Waals surface area contributed by atoms with E-state index in [4.69, 9.17) is 0 Å². The van der Waals surface area contributed by atoms with Crippen LogP contribution in [0.3, 0.4) is 0 Å². The van der Waals surface area contributed by atoms with Crippen LogP contribution in [0.15, 0.2) is 18.5 Å². The molecule has 1 aliphatic carbocycles. The Morgan fingerprint density at radius 3 is 2.65 bits per heavy atom. The Bertz CT molecular complexity index is 719. The molecule has 2 aromatic heterocycles. The fourth-order valence-electron chi connectivity index (χ4n) is 5.14. The van der Waals surface area contributed by atoms with E-state index in [1.165, 1.54) is 51.4 Å². The van der Waals surface area contributed by atoms with E-state index in [0.29, 0.717) is 12.5 Å². The van der Waals surface area contributed by atoms with Crippen molar-refractivity contribution >= 4 is 0 Å². The first kappa shape index (κ1) is 16.4. The summed E-state index contributed by atoms with van der Waals surface area (Å²) in [4.78, 5) is 2.69. The van der Waals surface area contributed by atoms with Gasteiger partial charge in [-0.3, -0.25) is 4.68 Å². The van der Waals surface area contributed by atoms with Crippen LogP contribution in [0.2, 0.25) is 0 Å². The van der Waals surface area contributed by atoms with Gasteiger partial charge in [-0.25, -0.2) is 0 Å². The van der Waals surface area contributed by atoms with Gasteiger partial charge in [0.2, 0.25) is 0 Å². The average Bonchev–Trinajstić information content (AvgIpc) is 3.18. The monoisotopic (exact) mass is 355 g/mol. The summed E-state index contributed by atoms with van der Waals surface area (Å²) in [5.41, 5.74) is 0. The van der Waals surface area contributed by atoms with Gasteiger partial charge in [0, 0.05) is 31.4 Å². The number of likely N-dealkylation sites (tertiary alicyclic amines) is 1. The van der Waals surface area contributed by atoms with Gasteiger partial charge in [0.05, 0.1) is 0 Å².